The minimum atomic E-state index is -0.434. The first kappa shape index (κ1) is 15.5. The average Bonchev–Trinajstić information content (AvgIpc) is 2.96. The first-order valence-electron chi connectivity index (χ1n) is 7.19. The van der Waals surface area contributed by atoms with Crippen molar-refractivity contribution in [3.05, 3.63) is 46.9 Å². The second-order valence-corrected chi connectivity index (χ2v) is 5.60. The fraction of sp³-hybridized carbons (Fsp3) is 0.235. The number of esters is 1. The third-order valence-corrected chi connectivity index (χ3v) is 4.32. The monoisotopic (exact) mass is 371 g/mol. The Hall–Kier alpha value is -2.39. The van der Waals surface area contributed by atoms with Crippen LogP contribution in [0.25, 0.3) is 16.4 Å². The lowest BCUT2D eigenvalue weighted by molar-refractivity contribution is 0.0517. The van der Waals surface area contributed by atoms with Crippen molar-refractivity contribution in [3.63, 3.8) is 0 Å². The number of carbonyl (C=O) groups excluding carboxylic acids is 1. The van der Waals surface area contributed by atoms with Gasteiger partial charge >= 0.3 is 5.97 Å². The van der Waals surface area contributed by atoms with Crippen LogP contribution in [-0.4, -0.2) is 22.0 Å². The van der Waals surface area contributed by atoms with Crippen LogP contribution in [0.4, 0.5) is 0 Å². The van der Waals surface area contributed by atoms with Crippen molar-refractivity contribution in [2.45, 2.75) is 19.2 Å². The maximum Gasteiger partial charge on any atom is 0.357 e. The molecular formula is C17H14BrN3O2. The van der Waals surface area contributed by atoms with E-state index in [4.69, 9.17) is 4.74 Å². The Balaban J connectivity index is 2.53. The molecule has 6 heteroatoms. The number of carbonyl (C=O) groups is 1. The standard InChI is InChI=1S/C17H14BrN3O2/c1-3-23-17(22)15-14(8-18)20-16-12-7-5-4-6-11(12)13(9-19)10(2)21(15)16/h4-7H,3,8H2,1-2H3. The second-order valence-electron chi connectivity index (χ2n) is 5.04. The molecule has 0 N–H and O–H groups in total. The van der Waals surface area contributed by atoms with E-state index in [1.807, 2.05) is 31.2 Å². The van der Waals surface area contributed by atoms with Crippen molar-refractivity contribution in [1.29, 1.82) is 5.26 Å². The van der Waals surface area contributed by atoms with Gasteiger partial charge in [-0.15, -0.1) is 0 Å². The van der Waals surface area contributed by atoms with E-state index in [9.17, 15) is 10.1 Å². The molecule has 3 aromatic rings. The van der Waals surface area contributed by atoms with Crippen LogP contribution in [0, 0.1) is 18.3 Å². The molecule has 0 unspecified atom stereocenters. The topological polar surface area (TPSA) is 67.4 Å². The number of hydrogen-bond donors (Lipinski definition) is 0. The van der Waals surface area contributed by atoms with E-state index in [0.29, 0.717) is 33.6 Å². The van der Waals surface area contributed by atoms with Gasteiger partial charge in [-0.25, -0.2) is 9.78 Å². The van der Waals surface area contributed by atoms with Gasteiger partial charge in [-0.1, -0.05) is 40.2 Å². The number of nitrogens with zero attached hydrogens (tertiary/aromatic N) is 3. The highest BCUT2D eigenvalue weighted by Gasteiger charge is 2.24. The van der Waals surface area contributed by atoms with Gasteiger partial charge in [-0.2, -0.15) is 5.26 Å². The summed E-state index contributed by atoms with van der Waals surface area (Å²) in [4.78, 5) is 17.0. The third kappa shape index (κ3) is 2.28. The van der Waals surface area contributed by atoms with Crippen LogP contribution in [0.5, 0.6) is 0 Å². The molecule has 0 saturated heterocycles. The van der Waals surface area contributed by atoms with Crippen LogP contribution in [-0.2, 0) is 10.1 Å². The zero-order valence-corrected chi connectivity index (χ0v) is 14.3. The lowest BCUT2D eigenvalue weighted by Crippen LogP contribution is -2.12. The number of rotatable bonds is 3. The van der Waals surface area contributed by atoms with Crippen LogP contribution < -0.4 is 0 Å². The summed E-state index contributed by atoms with van der Waals surface area (Å²) in [7, 11) is 0. The number of nitriles is 1. The Bertz CT molecular complexity index is 970. The van der Waals surface area contributed by atoms with Gasteiger partial charge in [0.25, 0.3) is 0 Å². The fourth-order valence-electron chi connectivity index (χ4n) is 2.82. The molecule has 1 aromatic carbocycles. The van der Waals surface area contributed by atoms with E-state index in [1.165, 1.54) is 0 Å². The molecule has 0 atom stereocenters. The highest BCUT2D eigenvalue weighted by atomic mass is 79.9. The van der Waals surface area contributed by atoms with Gasteiger partial charge < -0.3 is 4.74 Å². The van der Waals surface area contributed by atoms with Crippen LogP contribution in [0.2, 0.25) is 0 Å². The van der Waals surface area contributed by atoms with E-state index >= 15 is 0 Å². The van der Waals surface area contributed by atoms with Gasteiger partial charge in [0.1, 0.15) is 11.7 Å². The van der Waals surface area contributed by atoms with Crippen molar-refractivity contribution >= 4 is 38.3 Å². The minimum absolute atomic E-state index is 0.283. The van der Waals surface area contributed by atoms with E-state index < -0.39 is 5.97 Å². The van der Waals surface area contributed by atoms with Crippen molar-refractivity contribution in [3.8, 4) is 6.07 Å². The lowest BCUT2D eigenvalue weighted by Gasteiger charge is -2.10. The number of ether oxygens (including phenoxy) is 1. The summed E-state index contributed by atoms with van der Waals surface area (Å²) in [5.41, 5.74) is 2.86. The molecule has 5 nitrogen and oxygen atoms in total. The first-order valence-corrected chi connectivity index (χ1v) is 8.32. The summed E-state index contributed by atoms with van der Waals surface area (Å²) in [6.45, 7) is 3.86. The molecular weight excluding hydrogens is 358 g/mol. The Morgan fingerprint density at radius 2 is 2.09 bits per heavy atom. The molecule has 2 heterocycles. The van der Waals surface area contributed by atoms with Gasteiger partial charge in [0.15, 0.2) is 5.69 Å². The molecule has 0 aliphatic rings. The van der Waals surface area contributed by atoms with Gasteiger partial charge in [-0.3, -0.25) is 4.40 Å². The quantitative estimate of drug-likeness (QED) is 0.519. The summed E-state index contributed by atoms with van der Waals surface area (Å²) in [5.74, 6) is -0.434. The number of halogens is 1. The van der Waals surface area contributed by atoms with Crippen LogP contribution in [0.15, 0.2) is 24.3 Å². The molecule has 0 fully saturated rings. The fourth-order valence-corrected chi connectivity index (χ4v) is 3.21. The number of aryl methyl sites for hydroxylation is 1. The molecule has 0 aliphatic heterocycles. The summed E-state index contributed by atoms with van der Waals surface area (Å²) < 4.78 is 6.91. The number of aromatic nitrogens is 2. The third-order valence-electron chi connectivity index (χ3n) is 3.79. The maximum atomic E-state index is 12.4. The predicted octanol–water partition coefficient (Wildman–Crippen LogP) is 3.74. The summed E-state index contributed by atoms with van der Waals surface area (Å²) in [6.07, 6.45) is 0. The Labute approximate surface area is 141 Å². The maximum absolute atomic E-state index is 12.4. The zero-order chi connectivity index (χ0) is 16.6. The Morgan fingerprint density at radius 1 is 1.39 bits per heavy atom. The number of hydrogen-bond acceptors (Lipinski definition) is 4. The van der Waals surface area contributed by atoms with Crippen LogP contribution in [0.3, 0.4) is 0 Å². The summed E-state index contributed by atoms with van der Waals surface area (Å²) >= 11 is 3.38. The van der Waals surface area contributed by atoms with E-state index in [-0.39, 0.29) is 6.61 Å². The van der Waals surface area contributed by atoms with Gasteiger partial charge in [0.2, 0.25) is 0 Å². The number of pyridine rings is 1. The molecule has 3 rings (SSSR count). The summed E-state index contributed by atoms with van der Waals surface area (Å²) in [6, 6.07) is 9.83. The number of fused-ring (bicyclic) bond motifs is 3. The second kappa shape index (κ2) is 6.01. The number of alkyl halides is 1. The number of benzene rings is 1. The molecule has 0 saturated carbocycles. The SMILES string of the molecule is CCOC(=O)c1c(CBr)nc2c3ccccc3c(C#N)c(C)n12. The normalized spacial score (nSPS) is 10.9. The van der Waals surface area contributed by atoms with Crippen molar-refractivity contribution in [2.75, 3.05) is 6.61 Å². The highest BCUT2D eigenvalue weighted by Crippen LogP contribution is 2.29. The Kier molecular flexibility index (Phi) is 4.05. The Morgan fingerprint density at radius 3 is 2.70 bits per heavy atom. The van der Waals surface area contributed by atoms with Crippen molar-refractivity contribution in [1.82, 2.24) is 9.38 Å². The molecule has 0 spiro atoms. The van der Waals surface area contributed by atoms with Gasteiger partial charge in [0, 0.05) is 21.8 Å². The molecule has 2 aromatic heterocycles. The molecule has 116 valence electrons. The molecule has 23 heavy (non-hydrogen) atoms. The molecule has 0 amide bonds. The minimum Gasteiger partial charge on any atom is -0.461 e. The zero-order valence-electron chi connectivity index (χ0n) is 12.8. The molecule has 0 aliphatic carbocycles. The summed E-state index contributed by atoms with van der Waals surface area (Å²) in [5, 5.41) is 11.7. The largest absolute Gasteiger partial charge is 0.461 e. The molecule has 0 radical (unpaired) electrons. The van der Waals surface area contributed by atoms with E-state index in [2.05, 4.69) is 27.0 Å². The van der Waals surface area contributed by atoms with Crippen LogP contribution in [0.1, 0.15) is 34.4 Å². The predicted molar refractivity (Wildman–Crippen MR) is 90.7 cm³/mol. The van der Waals surface area contributed by atoms with Gasteiger partial charge in [-0.05, 0) is 13.8 Å². The van der Waals surface area contributed by atoms with Gasteiger partial charge in [0.05, 0.1) is 17.9 Å². The first-order chi connectivity index (χ1) is 11.1. The van der Waals surface area contributed by atoms with E-state index in [1.54, 1.807) is 11.3 Å². The van der Waals surface area contributed by atoms with Crippen LogP contribution >= 0.6 is 15.9 Å². The van der Waals surface area contributed by atoms with Crippen molar-refractivity contribution in [2.24, 2.45) is 0 Å². The molecule has 0 bridgehead atoms. The lowest BCUT2D eigenvalue weighted by atomic mass is 10.0. The number of imidazole rings is 1. The van der Waals surface area contributed by atoms with Crippen molar-refractivity contribution < 1.29 is 9.53 Å². The smallest absolute Gasteiger partial charge is 0.357 e. The average molecular weight is 372 g/mol. The van der Waals surface area contributed by atoms with E-state index in [0.717, 1.165) is 10.8 Å². The highest BCUT2D eigenvalue weighted by molar-refractivity contribution is 9.08.